The molecule has 9 heteroatoms. The van der Waals surface area contributed by atoms with Crippen molar-refractivity contribution in [2.45, 2.75) is 64.0 Å². The Bertz CT molecular complexity index is 1410. The molecule has 2 aromatic heterocycles. The highest BCUT2D eigenvalue weighted by atomic mass is 32.2. The molecule has 0 spiro atoms. The van der Waals surface area contributed by atoms with E-state index >= 15 is 0 Å². The number of hydrogen-bond donors (Lipinski definition) is 1. The number of aryl methyl sites for hydroxylation is 1. The van der Waals surface area contributed by atoms with Gasteiger partial charge in [0.25, 0.3) is 11.5 Å². The molecule has 0 radical (unpaired) electrons. The van der Waals surface area contributed by atoms with Gasteiger partial charge in [-0.1, -0.05) is 44.7 Å². The first-order valence-corrected chi connectivity index (χ1v) is 12.9. The van der Waals surface area contributed by atoms with E-state index in [1.54, 1.807) is 34.9 Å². The molecule has 0 aliphatic carbocycles. The van der Waals surface area contributed by atoms with Crippen LogP contribution in [0.4, 0.5) is 4.39 Å². The number of fused-ring (bicyclic) bond motifs is 3. The molecule has 0 fully saturated rings. The number of nitrogens with zero attached hydrogens (tertiary/aromatic N) is 4. The van der Waals surface area contributed by atoms with Gasteiger partial charge in [0.15, 0.2) is 5.16 Å². The molecule has 1 N–H and O–H groups in total. The van der Waals surface area contributed by atoms with Gasteiger partial charge < -0.3 is 5.32 Å². The molecule has 1 unspecified atom stereocenters. The molecule has 0 aliphatic rings. The lowest BCUT2D eigenvalue weighted by atomic mass is 10.1. The van der Waals surface area contributed by atoms with E-state index in [2.05, 4.69) is 29.4 Å². The van der Waals surface area contributed by atoms with E-state index in [4.69, 9.17) is 0 Å². The van der Waals surface area contributed by atoms with Crippen LogP contribution in [-0.4, -0.2) is 31.1 Å². The van der Waals surface area contributed by atoms with Crippen molar-refractivity contribution in [2.24, 2.45) is 5.92 Å². The zero-order chi connectivity index (χ0) is 25.1. The van der Waals surface area contributed by atoms with Crippen LogP contribution in [0.1, 0.15) is 56.5 Å². The van der Waals surface area contributed by atoms with E-state index in [0.29, 0.717) is 45.6 Å². The van der Waals surface area contributed by atoms with E-state index in [1.807, 2.05) is 18.2 Å². The number of benzene rings is 2. The summed E-state index contributed by atoms with van der Waals surface area (Å²) in [6.07, 6.45) is 1.64. The van der Waals surface area contributed by atoms with Gasteiger partial charge in [-0.15, -0.1) is 10.2 Å². The van der Waals surface area contributed by atoms with Crippen molar-refractivity contribution >= 4 is 34.3 Å². The predicted octanol–water partition coefficient (Wildman–Crippen LogP) is 5.05. The number of thioether (sulfide) groups is 1. The molecule has 1 amide bonds. The predicted molar refractivity (Wildman–Crippen MR) is 137 cm³/mol. The number of amides is 1. The lowest BCUT2D eigenvalue weighted by Gasteiger charge is -2.14. The second-order valence-corrected chi connectivity index (χ2v) is 10.1. The number of halogens is 1. The van der Waals surface area contributed by atoms with Crippen molar-refractivity contribution < 1.29 is 9.18 Å². The molecule has 0 aliphatic heterocycles. The fourth-order valence-corrected chi connectivity index (χ4v) is 4.64. The second kappa shape index (κ2) is 10.6. The second-order valence-electron chi connectivity index (χ2n) is 9.19. The van der Waals surface area contributed by atoms with Crippen LogP contribution in [0, 0.1) is 11.7 Å². The SMILES string of the molecule is CCC(C)NC(=O)c1ccc2c(=O)n(CCC(C)C)c3nnc(SCc4ccc(F)cc4)n3c2c1. The Morgan fingerprint density at radius 1 is 1.11 bits per heavy atom. The third-order valence-electron chi connectivity index (χ3n) is 6.04. The van der Waals surface area contributed by atoms with Gasteiger partial charge in [-0.25, -0.2) is 4.39 Å². The van der Waals surface area contributed by atoms with Gasteiger partial charge in [-0.2, -0.15) is 0 Å². The van der Waals surface area contributed by atoms with E-state index in [1.165, 1.54) is 23.9 Å². The minimum absolute atomic E-state index is 0.0407. The van der Waals surface area contributed by atoms with Gasteiger partial charge in [0.05, 0.1) is 10.9 Å². The lowest BCUT2D eigenvalue weighted by Crippen LogP contribution is -2.32. The molecular weight excluding hydrogens is 465 g/mol. The number of hydrogen-bond acceptors (Lipinski definition) is 5. The summed E-state index contributed by atoms with van der Waals surface area (Å²) >= 11 is 1.45. The Kier molecular flexibility index (Phi) is 7.54. The van der Waals surface area contributed by atoms with Gasteiger partial charge in [0, 0.05) is 23.9 Å². The van der Waals surface area contributed by atoms with Gasteiger partial charge in [-0.3, -0.25) is 18.6 Å². The van der Waals surface area contributed by atoms with Crippen LogP contribution >= 0.6 is 11.8 Å². The largest absolute Gasteiger partial charge is 0.350 e. The first-order chi connectivity index (χ1) is 16.8. The average Bonchev–Trinajstić information content (AvgIpc) is 3.27. The lowest BCUT2D eigenvalue weighted by molar-refractivity contribution is 0.0939. The average molecular weight is 496 g/mol. The fourth-order valence-electron chi connectivity index (χ4n) is 3.74. The van der Waals surface area contributed by atoms with Crippen molar-refractivity contribution in [1.82, 2.24) is 24.5 Å². The molecule has 35 heavy (non-hydrogen) atoms. The van der Waals surface area contributed by atoms with Crippen molar-refractivity contribution in [3.05, 3.63) is 69.8 Å². The van der Waals surface area contributed by atoms with Gasteiger partial charge >= 0.3 is 0 Å². The summed E-state index contributed by atoms with van der Waals surface area (Å²) in [7, 11) is 0. The van der Waals surface area contributed by atoms with Crippen molar-refractivity contribution in [3.8, 4) is 0 Å². The highest BCUT2D eigenvalue weighted by Gasteiger charge is 2.19. The van der Waals surface area contributed by atoms with Crippen LogP contribution in [0.2, 0.25) is 0 Å². The quantitative estimate of drug-likeness (QED) is 0.329. The molecule has 1 atom stereocenters. The normalized spacial score (nSPS) is 12.5. The highest BCUT2D eigenvalue weighted by molar-refractivity contribution is 7.98. The maximum Gasteiger partial charge on any atom is 0.262 e. The van der Waals surface area contributed by atoms with E-state index < -0.39 is 0 Å². The van der Waals surface area contributed by atoms with E-state index in [0.717, 1.165) is 18.4 Å². The van der Waals surface area contributed by atoms with E-state index in [9.17, 15) is 14.0 Å². The van der Waals surface area contributed by atoms with Crippen molar-refractivity contribution in [3.63, 3.8) is 0 Å². The van der Waals surface area contributed by atoms with Gasteiger partial charge in [0.1, 0.15) is 5.82 Å². The van der Waals surface area contributed by atoms with E-state index in [-0.39, 0.29) is 23.3 Å². The summed E-state index contributed by atoms with van der Waals surface area (Å²) < 4.78 is 16.8. The first kappa shape index (κ1) is 24.9. The summed E-state index contributed by atoms with van der Waals surface area (Å²) in [5, 5.41) is 12.8. The van der Waals surface area contributed by atoms with Crippen LogP contribution in [0.25, 0.3) is 16.7 Å². The van der Waals surface area contributed by atoms with Crippen LogP contribution in [-0.2, 0) is 12.3 Å². The van der Waals surface area contributed by atoms with Crippen molar-refractivity contribution in [2.75, 3.05) is 0 Å². The highest BCUT2D eigenvalue weighted by Crippen LogP contribution is 2.26. The number of aromatic nitrogens is 4. The third kappa shape index (κ3) is 5.40. The summed E-state index contributed by atoms with van der Waals surface area (Å²) in [6, 6.07) is 11.5. The summed E-state index contributed by atoms with van der Waals surface area (Å²) in [6.45, 7) is 8.70. The van der Waals surface area contributed by atoms with Crippen LogP contribution in [0.15, 0.2) is 52.4 Å². The van der Waals surface area contributed by atoms with Crippen molar-refractivity contribution in [1.29, 1.82) is 0 Å². The zero-order valence-electron chi connectivity index (χ0n) is 20.4. The maximum atomic E-state index is 13.4. The maximum absolute atomic E-state index is 13.4. The Morgan fingerprint density at radius 3 is 2.54 bits per heavy atom. The van der Waals surface area contributed by atoms with Gasteiger partial charge in [0.2, 0.25) is 5.78 Å². The molecule has 0 saturated heterocycles. The standard InChI is InChI=1S/C26H30FN5O2S/c1-5-17(4)28-23(33)19-8-11-21-22(14-19)32-25(31(24(21)34)13-12-16(2)3)29-30-26(32)35-15-18-6-9-20(27)10-7-18/h6-11,14,16-17H,5,12-13,15H2,1-4H3,(H,28,33). The number of nitrogens with one attached hydrogen (secondary N) is 1. The monoisotopic (exact) mass is 495 g/mol. The minimum atomic E-state index is -0.282. The molecule has 2 aromatic carbocycles. The van der Waals surface area contributed by atoms with Crippen LogP contribution in [0.3, 0.4) is 0 Å². The third-order valence-corrected chi connectivity index (χ3v) is 7.04. The molecule has 2 heterocycles. The zero-order valence-corrected chi connectivity index (χ0v) is 21.2. The summed E-state index contributed by atoms with van der Waals surface area (Å²) in [5.74, 6) is 0.952. The number of carbonyl (C=O) groups is 1. The Labute approximate surface area is 207 Å². The van der Waals surface area contributed by atoms with Crippen LogP contribution < -0.4 is 10.9 Å². The van der Waals surface area contributed by atoms with Gasteiger partial charge in [-0.05, 0) is 61.6 Å². The smallest absolute Gasteiger partial charge is 0.262 e. The minimum Gasteiger partial charge on any atom is -0.350 e. The molecule has 0 bridgehead atoms. The summed E-state index contributed by atoms with van der Waals surface area (Å²) in [5.41, 5.74) is 1.86. The molecule has 184 valence electrons. The topological polar surface area (TPSA) is 81.3 Å². The number of carbonyl (C=O) groups excluding carboxylic acids is 1. The Morgan fingerprint density at radius 2 is 1.86 bits per heavy atom. The Hall–Kier alpha value is -3.20. The number of rotatable bonds is 9. The molecular formula is C26H30FN5O2S. The molecule has 4 aromatic rings. The fraction of sp³-hybridized carbons (Fsp3) is 0.385. The van der Waals surface area contributed by atoms with Crippen LogP contribution in [0.5, 0.6) is 0 Å². The molecule has 7 nitrogen and oxygen atoms in total. The molecule has 0 saturated carbocycles. The Balaban J connectivity index is 1.83. The summed E-state index contributed by atoms with van der Waals surface area (Å²) in [4.78, 5) is 26.2. The first-order valence-electron chi connectivity index (χ1n) is 11.9. The molecule has 4 rings (SSSR count).